The van der Waals surface area contributed by atoms with Gasteiger partial charge in [0.1, 0.15) is 6.04 Å². The molecule has 0 aromatic carbocycles. The first-order valence-corrected chi connectivity index (χ1v) is 5.57. The SMILES string of the molecule is Cc1[nH]nc(C(=O)N2CCC[C@H]2C(=O)O)c1C. The lowest BCUT2D eigenvalue weighted by molar-refractivity contribution is -0.141. The van der Waals surface area contributed by atoms with E-state index in [1.165, 1.54) is 4.90 Å². The second kappa shape index (κ2) is 4.20. The molecule has 1 fully saturated rings. The topological polar surface area (TPSA) is 86.3 Å². The molecule has 6 nitrogen and oxygen atoms in total. The Hall–Kier alpha value is -1.85. The van der Waals surface area contributed by atoms with E-state index in [-0.39, 0.29) is 5.91 Å². The summed E-state index contributed by atoms with van der Waals surface area (Å²) < 4.78 is 0. The fraction of sp³-hybridized carbons (Fsp3) is 0.545. The second-order valence-corrected chi connectivity index (χ2v) is 4.32. The highest BCUT2D eigenvalue weighted by atomic mass is 16.4. The average Bonchev–Trinajstić information content (AvgIpc) is 2.87. The number of hydrogen-bond acceptors (Lipinski definition) is 3. The maximum absolute atomic E-state index is 12.2. The van der Waals surface area contributed by atoms with Crippen molar-refractivity contribution in [1.29, 1.82) is 0 Å². The van der Waals surface area contributed by atoms with Crippen LogP contribution < -0.4 is 0 Å². The number of aryl methyl sites for hydroxylation is 1. The fourth-order valence-electron chi connectivity index (χ4n) is 2.10. The van der Waals surface area contributed by atoms with E-state index in [0.717, 1.165) is 17.7 Å². The molecule has 1 aromatic rings. The van der Waals surface area contributed by atoms with Gasteiger partial charge in [-0.25, -0.2) is 4.79 Å². The van der Waals surface area contributed by atoms with Crippen LogP contribution in [0.5, 0.6) is 0 Å². The van der Waals surface area contributed by atoms with Crippen molar-refractivity contribution in [2.45, 2.75) is 32.7 Å². The predicted octanol–water partition coefficient (Wildman–Crippen LogP) is 0.716. The van der Waals surface area contributed by atoms with Crippen LogP contribution in [0, 0.1) is 13.8 Å². The summed E-state index contributed by atoms with van der Waals surface area (Å²) in [4.78, 5) is 24.6. The van der Waals surface area contributed by atoms with Crippen LogP contribution >= 0.6 is 0 Å². The predicted molar refractivity (Wildman–Crippen MR) is 59.8 cm³/mol. The molecule has 2 heterocycles. The molecule has 0 spiro atoms. The van der Waals surface area contributed by atoms with E-state index in [1.54, 1.807) is 6.92 Å². The lowest BCUT2D eigenvalue weighted by Gasteiger charge is -2.20. The Balaban J connectivity index is 2.26. The van der Waals surface area contributed by atoms with Crippen LogP contribution in [0.3, 0.4) is 0 Å². The van der Waals surface area contributed by atoms with Crippen molar-refractivity contribution in [2.24, 2.45) is 0 Å². The first-order chi connectivity index (χ1) is 8.02. The van der Waals surface area contributed by atoms with Gasteiger partial charge in [-0.3, -0.25) is 9.89 Å². The van der Waals surface area contributed by atoms with E-state index >= 15 is 0 Å². The molecule has 1 saturated heterocycles. The lowest BCUT2D eigenvalue weighted by atomic mass is 10.2. The minimum Gasteiger partial charge on any atom is -0.480 e. The first-order valence-electron chi connectivity index (χ1n) is 5.57. The molecule has 1 aliphatic heterocycles. The van der Waals surface area contributed by atoms with Crippen LogP contribution in [-0.2, 0) is 4.79 Å². The van der Waals surface area contributed by atoms with Gasteiger partial charge in [-0.1, -0.05) is 0 Å². The number of likely N-dealkylation sites (tertiary alicyclic amines) is 1. The minimum atomic E-state index is -0.944. The number of carboxylic acid groups (broad SMARTS) is 1. The molecule has 0 unspecified atom stereocenters. The Morgan fingerprint density at radius 2 is 2.18 bits per heavy atom. The number of aromatic amines is 1. The molecule has 17 heavy (non-hydrogen) atoms. The van der Waals surface area contributed by atoms with Gasteiger partial charge in [0.05, 0.1) is 0 Å². The van der Waals surface area contributed by atoms with Gasteiger partial charge in [-0.15, -0.1) is 0 Å². The molecule has 0 bridgehead atoms. The van der Waals surface area contributed by atoms with Gasteiger partial charge in [-0.05, 0) is 26.7 Å². The standard InChI is InChI=1S/C11H15N3O3/c1-6-7(2)12-13-9(6)10(15)14-5-3-4-8(14)11(16)17/h8H,3-5H2,1-2H3,(H,12,13)(H,16,17)/t8-/m0/s1. The quantitative estimate of drug-likeness (QED) is 0.793. The van der Waals surface area contributed by atoms with E-state index in [1.807, 2.05) is 6.92 Å². The molecule has 1 amide bonds. The van der Waals surface area contributed by atoms with E-state index in [4.69, 9.17) is 5.11 Å². The summed E-state index contributed by atoms with van der Waals surface area (Å²) in [6.07, 6.45) is 1.24. The van der Waals surface area contributed by atoms with Crippen LogP contribution in [0.2, 0.25) is 0 Å². The Morgan fingerprint density at radius 3 is 2.71 bits per heavy atom. The lowest BCUT2D eigenvalue weighted by Crippen LogP contribution is -2.40. The highest BCUT2D eigenvalue weighted by molar-refractivity contribution is 5.96. The van der Waals surface area contributed by atoms with Gasteiger partial charge in [0, 0.05) is 17.8 Å². The molecule has 0 aliphatic carbocycles. The average molecular weight is 237 g/mol. The summed E-state index contributed by atoms with van der Waals surface area (Å²) in [7, 11) is 0. The third-order valence-corrected chi connectivity index (χ3v) is 3.25. The molecule has 92 valence electrons. The van der Waals surface area contributed by atoms with Crippen molar-refractivity contribution in [2.75, 3.05) is 6.54 Å². The number of carbonyl (C=O) groups excluding carboxylic acids is 1. The zero-order valence-corrected chi connectivity index (χ0v) is 9.86. The van der Waals surface area contributed by atoms with Crippen LogP contribution in [0.15, 0.2) is 0 Å². The number of amides is 1. The first kappa shape index (κ1) is 11.6. The third kappa shape index (κ3) is 1.90. The highest BCUT2D eigenvalue weighted by Gasteiger charge is 2.35. The Morgan fingerprint density at radius 1 is 1.47 bits per heavy atom. The molecular formula is C11H15N3O3. The van der Waals surface area contributed by atoms with Crippen molar-refractivity contribution < 1.29 is 14.7 Å². The van der Waals surface area contributed by atoms with Crippen LogP contribution in [0.25, 0.3) is 0 Å². The van der Waals surface area contributed by atoms with Gasteiger partial charge in [0.25, 0.3) is 5.91 Å². The van der Waals surface area contributed by atoms with Crippen molar-refractivity contribution in [3.05, 3.63) is 17.0 Å². The molecule has 1 atom stereocenters. The van der Waals surface area contributed by atoms with E-state index < -0.39 is 12.0 Å². The van der Waals surface area contributed by atoms with E-state index in [0.29, 0.717) is 18.7 Å². The van der Waals surface area contributed by atoms with Gasteiger partial charge >= 0.3 is 5.97 Å². The minimum absolute atomic E-state index is 0.295. The monoisotopic (exact) mass is 237 g/mol. The van der Waals surface area contributed by atoms with Gasteiger partial charge in [0.2, 0.25) is 0 Å². The number of rotatable bonds is 2. The molecule has 1 aliphatic rings. The highest BCUT2D eigenvalue weighted by Crippen LogP contribution is 2.21. The molecule has 0 radical (unpaired) electrons. The van der Waals surface area contributed by atoms with Crippen molar-refractivity contribution in [3.8, 4) is 0 Å². The van der Waals surface area contributed by atoms with Crippen LogP contribution in [-0.4, -0.2) is 44.7 Å². The Labute approximate surface area is 98.6 Å². The van der Waals surface area contributed by atoms with Crippen molar-refractivity contribution in [3.63, 3.8) is 0 Å². The smallest absolute Gasteiger partial charge is 0.326 e. The zero-order valence-electron chi connectivity index (χ0n) is 9.86. The largest absolute Gasteiger partial charge is 0.480 e. The van der Waals surface area contributed by atoms with Gasteiger partial charge < -0.3 is 10.0 Å². The fourth-order valence-corrected chi connectivity index (χ4v) is 2.10. The number of aromatic nitrogens is 2. The van der Waals surface area contributed by atoms with Crippen LogP contribution in [0.1, 0.15) is 34.6 Å². The van der Waals surface area contributed by atoms with Crippen LogP contribution in [0.4, 0.5) is 0 Å². The summed E-state index contributed by atoms with van der Waals surface area (Å²) in [6, 6.07) is -0.709. The molecule has 0 saturated carbocycles. The summed E-state index contributed by atoms with van der Waals surface area (Å²) in [5, 5.41) is 15.7. The van der Waals surface area contributed by atoms with E-state index in [9.17, 15) is 9.59 Å². The maximum atomic E-state index is 12.2. The number of nitrogens with zero attached hydrogens (tertiary/aromatic N) is 2. The molecular weight excluding hydrogens is 222 g/mol. The normalized spacial score (nSPS) is 19.6. The molecule has 1 aromatic heterocycles. The molecule has 2 rings (SSSR count). The summed E-state index contributed by atoms with van der Waals surface area (Å²) in [5.74, 6) is -1.24. The number of H-pyrrole nitrogens is 1. The third-order valence-electron chi connectivity index (χ3n) is 3.25. The number of carboxylic acids is 1. The molecule has 2 N–H and O–H groups in total. The Bertz CT molecular complexity index is 467. The summed E-state index contributed by atoms with van der Waals surface area (Å²) >= 11 is 0. The number of aliphatic carboxylic acids is 1. The zero-order chi connectivity index (χ0) is 12.6. The second-order valence-electron chi connectivity index (χ2n) is 4.32. The van der Waals surface area contributed by atoms with Crippen molar-refractivity contribution in [1.82, 2.24) is 15.1 Å². The summed E-state index contributed by atoms with van der Waals surface area (Å²) in [5.41, 5.74) is 1.95. The van der Waals surface area contributed by atoms with Crippen molar-refractivity contribution >= 4 is 11.9 Å². The van der Waals surface area contributed by atoms with E-state index in [2.05, 4.69) is 10.2 Å². The van der Waals surface area contributed by atoms with Gasteiger partial charge in [0.15, 0.2) is 5.69 Å². The summed E-state index contributed by atoms with van der Waals surface area (Å²) in [6.45, 7) is 4.12. The number of hydrogen-bond donors (Lipinski definition) is 2. The number of carbonyl (C=O) groups is 2. The van der Waals surface area contributed by atoms with Gasteiger partial charge in [-0.2, -0.15) is 5.10 Å². The molecule has 6 heteroatoms. The number of nitrogens with one attached hydrogen (secondary N) is 1. The maximum Gasteiger partial charge on any atom is 0.326 e. The Kier molecular flexibility index (Phi) is 2.87.